The van der Waals surface area contributed by atoms with Gasteiger partial charge in [0, 0.05) is 19.7 Å². The molecule has 5 heteroatoms. The fourth-order valence-electron chi connectivity index (χ4n) is 1.22. The van der Waals surface area contributed by atoms with Gasteiger partial charge in [-0.3, -0.25) is 0 Å². The molecule has 0 saturated heterocycles. The van der Waals surface area contributed by atoms with E-state index in [1.54, 1.807) is 7.05 Å². The zero-order chi connectivity index (χ0) is 13.4. The van der Waals surface area contributed by atoms with Crippen molar-refractivity contribution in [1.29, 1.82) is 0 Å². The van der Waals surface area contributed by atoms with E-state index in [9.17, 15) is 9.59 Å². The molecular weight excluding hydrogens is 234 g/mol. The van der Waals surface area contributed by atoms with Crippen molar-refractivity contribution in [3.05, 3.63) is 48.0 Å². The first-order valence-electron chi connectivity index (χ1n) is 5.41. The number of carbonyl (C=O) groups excluding carboxylic acids is 1. The Labute approximate surface area is 105 Å². The fraction of sp³-hybridized carbons (Fsp3) is 0.231. The topological polar surface area (TPSA) is 66.8 Å². The first kappa shape index (κ1) is 13.8. The average Bonchev–Trinajstić information content (AvgIpc) is 2.36. The lowest BCUT2D eigenvalue weighted by Gasteiger charge is -2.14. The Kier molecular flexibility index (Phi) is 5.44. The molecule has 0 aliphatic carbocycles. The first-order chi connectivity index (χ1) is 8.59. The molecule has 1 aromatic rings. The molecule has 1 amide bonds. The molecule has 0 unspecified atom stereocenters. The standard InChI is InChI=1S/C13H15NO4/c1-14(9-5-8-12(15)16)13(17)18-10-11-6-3-2-4-7-11/h2-8H,9-10H2,1H3,(H,15,16)/b8-5+. The summed E-state index contributed by atoms with van der Waals surface area (Å²) < 4.78 is 5.05. The minimum Gasteiger partial charge on any atom is -0.478 e. The van der Waals surface area contributed by atoms with Gasteiger partial charge in [0.25, 0.3) is 0 Å². The predicted molar refractivity (Wildman–Crippen MR) is 66.0 cm³/mol. The summed E-state index contributed by atoms with van der Waals surface area (Å²) in [5.74, 6) is -1.04. The van der Waals surface area contributed by atoms with Gasteiger partial charge in [0.1, 0.15) is 6.61 Å². The molecule has 1 aromatic carbocycles. The van der Waals surface area contributed by atoms with E-state index < -0.39 is 12.1 Å². The van der Waals surface area contributed by atoms with Crippen molar-refractivity contribution >= 4 is 12.1 Å². The van der Waals surface area contributed by atoms with E-state index in [4.69, 9.17) is 9.84 Å². The Hall–Kier alpha value is -2.30. The van der Waals surface area contributed by atoms with Crippen molar-refractivity contribution in [3.63, 3.8) is 0 Å². The maximum atomic E-state index is 11.5. The lowest BCUT2D eigenvalue weighted by atomic mass is 10.2. The van der Waals surface area contributed by atoms with Crippen LogP contribution >= 0.6 is 0 Å². The molecule has 0 aliphatic heterocycles. The number of nitrogens with zero attached hydrogens (tertiary/aromatic N) is 1. The highest BCUT2D eigenvalue weighted by molar-refractivity contribution is 5.79. The highest BCUT2D eigenvalue weighted by Gasteiger charge is 2.08. The van der Waals surface area contributed by atoms with Crippen molar-refractivity contribution in [2.45, 2.75) is 6.61 Å². The SMILES string of the molecule is CN(C/C=C/C(=O)O)C(=O)OCc1ccccc1. The Balaban J connectivity index is 2.34. The number of amides is 1. The summed E-state index contributed by atoms with van der Waals surface area (Å²) in [6.07, 6.45) is 1.88. The Morgan fingerprint density at radius 2 is 2.00 bits per heavy atom. The van der Waals surface area contributed by atoms with Crippen LogP contribution in [0.15, 0.2) is 42.5 Å². The molecule has 0 heterocycles. The highest BCUT2D eigenvalue weighted by atomic mass is 16.6. The number of benzene rings is 1. The highest BCUT2D eigenvalue weighted by Crippen LogP contribution is 2.02. The fourth-order valence-corrected chi connectivity index (χ4v) is 1.22. The van der Waals surface area contributed by atoms with Crippen molar-refractivity contribution < 1.29 is 19.4 Å². The summed E-state index contributed by atoms with van der Waals surface area (Å²) in [6.45, 7) is 0.395. The predicted octanol–water partition coefficient (Wildman–Crippen LogP) is 1.90. The third kappa shape index (κ3) is 5.16. The van der Waals surface area contributed by atoms with E-state index in [1.807, 2.05) is 30.3 Å². The number of carboxylic acids is 1. The minimum atomic E-state index is -1.04. The van der Waals surface area contributed by atoms with Crippen molar-refractivity contribution in [2.24, 2.45) is 0 Å². The van der Waals surface area contributed by atoms with Crippen LogP contribution in [0.25, 0.3) is 0 Å². The van der Waals surface area contributed by atoms with Gasteiger partial charge < -0.3 is 14.7 Å². The molecule has 0 atom stereocenters. The van der Waals surface area contributed by atoms with Gasteiger partial charge in [-0.1, -0.05) is 36.4 Å². The average molecular weight is 249 g/mol. The Morgan fingerprint density at radius 3 is 2.61 bits per heavy atom. The van der Waals surface area contributed by atoms with E-state index in [2.05, 4.69) is 0 Å². The van der Waals surface area contributed by atoms with Crippen LogP contribution in [0.4, 0.5) is 4.79 Å². The van der Waals surface area contributed by atoms with Gasteiger partial charge in [0.05, 0.1) is 0 Å². The van der Waals surface area contributed by atoms with E-state index in [1.165, 1.54) is 11.0 Å². The van der Waals surface area contributed by atoms with Gasteiger partial charge in [-0.15, -0.1) is 0 Å². The zero-order valence-electron chi connectivity index (χ0n) is 10.1. The first-order valence-corrected chi connectivity index (χ1v) is 5.41. The monoisotopic (exact) mass is 249 g/mol. The molecule has 18 heavy (non-hydrogen) atoms. The van der Waals surface area contributed by atoms with E-state index >= 15 is 0 Å². The molecule has 0 saturated carbocycles. The largest absolute Gasteiger partial charge is 0.478 e. The van der Waals surface area contributed by atoms with Crippen LogP contribution in [0.1, 0.15) is 5.56 Å². The Bertz CT molecular complexity index is 428. The molecule has 96 valence electrons. The molecule has 5 nitrogen and oxygen atoms in total. The van der Waals surface area contributed by atoms with Crippen molar-refractivity contribution in [1.82, 2.24) is 4.90 Å². The Morgan fingerprint density at radius 1 is 1.33 bits per heavy atom. The van der Waals surface area contributed by atoms with Crippen LogP contribution in [0, 0.1) is 0 Å². The molecule has 0 radical (unpaired) electrons. The maximum absolute atomic E-state index is 11.5. The number of ether oxygens (including phenoxy) is 1. The molecule has 0 aliphatic rings. The summed E-state index contributed by atoms with van der Waals surface area (Å²) in [5.41, 5.74) is 0.903. The number of hydrogen-bond acceptors (Lipinski definition) is 3. The van der Waals surface area contributed by atoms with Crippen LogP contribution in [0.3, 0.4) is 0 Å². The molecule has 0 bridgehead atoms. The van der Waals surface area contributed by atoms with Crippen LogP contribution in [-0.4, -0.2) is 35.7 Å². The van der Waals surface area contributed by atoms with E-state index in [0.717, 1.165) is 11.6 Å². The van der Waals surface area contributed by atoms with Gasteiger partial charge in [-0.2, -0.15) is 0 Å². The van der Waals surface area contributed by atoms with Gasteiger partial charge in [0.15, 0.2) is 0 Å². The summed E-state index contributed by atoms with van der Waals surface area (Å²) in [6, 6.07) is 9.33. The zero-order valence-corrected chi connectivity index (χ0v) is 10.1. The van der Waals surface area contributed by atoms with E-state index in [-0.39, 0.29) is 13.2 Å². The number of likely N-dealkylation sites (N-methyl/N-ethyl adjacent to an activating group) is 1. The number of aliphatic carboxylic acids is 1. The summed E-state index contributed by atoms with van der Waals surface area (Å²) in [7, 11) is 1.54. The smallest absolute Gasteiger partial charge is 0.410 e. The van der Waals surface area contributed by atoms with Gasteiger partial charge in [0.2, 0.25) is 0 Å². The van der Waals surface area contributed by atoms with Crippen molar-refractivity contribution in [3.8, 4) is 0 Å². The lowest BCUT2D eigenvalue weighted by Crippen LogP contribution is -2.27. The minimum absolute atomic E-state index is 0.194. The molecule has 0 spiro atoms. The molecule has 1 N–H and O–H groups in total. The number of hydrogen-bond donors (Lipinski definition) is 1. The second kappa shape index (κ2) is 7.11. The van der Waals surface area contributed by atoms with Crippen LogP contribution in [0.5, 0.6) is 0 Å². The summed E-state index contributed by atoms with van der Waals surface area (Å²) >= 11 is 0. The lowest BCUT2D eigenvalue weighted by molar-refractivity contribution is -0.131. The quantitative estimate of drug-likeness (QED) is 0.809. The van der Waals surface area contributed by atoms with Gasteiger partial charge in [-0.05, 0) is 5.56 Å². The van der Waals surface area contributed by atoms with E-state index in [0.29, 0.717) is 0 Å². The number of carboxylic acid groups (broad SMARTS) is 1. The van der Waals surface area contributed by atoms with Crippen LogP contribution in [-0.2, 0) is 16.1 Å². The maximum Gasteiger partial charge on any atom is 0.410 e. The summed E-state index contributed by atoms with van der Waals surface area (Å²) in [5, 5.41) is 8.40. The third-order valence-electron chi connectivity index (χ3n) is 2.16. The van der Waals surface area contributed by atoms with Gasteiger partial charge in [-0.25, -0.2) is 9.59 Å². The molecule has 0 aromatic heterocycles. The van der Waals surface area contributed by atoms with Gasteiger partial charge >= 0.3 is 12.1 Å². The third-order valence-corrected chi connectivity index (χ3v) is 2.16. The van der Waals surface area contributed by atoms with Crippen LogP contribution < -0.4 is 0 Å². The number of carbonyl (C=O) groups is 2. The number of rotatable bonds is 5. The molecule has 1 rings (SSSR count). The van der Waals surface area contributed by atoms with Crippen LogP contribution in [0.2, 0.25) is 0 Å². The second-order valence-electron chi connectivity index (χ2n) is 3.66. The van der Waals surface area contributed by atoms with Crippen molar-refractivity contribution in [2.75, 3.05) is 13.6 Å². The second-order valence-corrected chi connectivity index (χ2v) is 3.66. The molecular formula is C13H15NO4. The normalized spacial score (nSPS) is 10.3. The summed E-state index contributed by atoms with van der Waals surface area (Å²) in [4.78, 5) is 23.0. The molecule has 0 fully saturated rings.